The van der Waals surface area contributed by atoms with E-state index in [2.05, 4.69) is 55.4 Å². The highest BCUT2D eigenvalue weighted by Gasteiger charge is 2.31. The summed E-state index contributed by atoms with van der Waals surface area (Å²) in [5, 5.41) is 10.7. The Labute approximate surface area is 658 Å². The Bertz CT molecular complexity index is 2080. The lowest BCUT2D eigenvalue weighted by molar-refractivity contribution is -0.161. The topological polar surface area (TPSA) is 237 Å². The molecular weight excluding hydrogens is 1390 g/mol. The largest absolute Gasteiger partial charge is 0.472 e. The summed E-state index contributed by atoms with van der Waals surface area (Å²) in [4.78, 5) is 73.3. The summed E-state index contributed by atoms with van der Waals surface area (Å²) in [7, 11) is -9.93. The highest BCUT2D eigenvalue weighted by Crippen LogP contribution is 2.45. The van der Waals surface area contributed by atoms with Crippen LogP contribution in [-0.2, 0) is 65.4 Å². The van der Waals surface area contributed by atoms with Gasteiger partial charge in [-0.15, -0.1) is 0 Å². The number of ether oxygens (including phenoxy) is 4. The molecule has 0 amide bonds. The first kappa shape index (κ1) is 105. The van der Waals surface area contributed by atoms with Crippen LogP contribution in [0.3, 0.4) is 0 Å². The summed E-state index contributed by atoms with van der Waals surface area (Å²) in [6.07, 6.45) is 66.7. The predicted octanol–water partition coefficient (Wildman–Crippen LogP) is 26.7. The van der Waals surface area contributed by atoms with E-state index in [0.29, 0.717) is 31.6 Å². The molecule has 636 valence electrons. The number of carbonyl (C=O) groups is 4. The van der Waals surface area contributed by atoms with Crippen molar-refractivity contribution in [1.29, 1.82) is 0 Å². The van der Waals surface area contributed by atoms with Crippen molar-refractivity contribution in [2.45, 2.75) is 478 Å². The van der Waals surface area contributed by atoms with Gasteiger partial charge in [0.1, 0.15) is 19.3 Å². The maximum atomic E-state index is 13.2. The molecule has 107 heavy (non-hydrogen) atoms. The molecule has 0 saturated heterocycles. The van der Waals surface area contributed by atoms with Gasteiger partial charge < -0.3 is 33.8 Å². The summed E-state index contributed by atoms with van der Waals surface area (Å²) >= 11 is 0. The number of aliphatic hydroxyl groups excluding tert-OH is 1. The Morgan fingerprint density at radius 2 is 0.449 bits per heavy atom. The zero-order valence-corrected chi connectivity index (χ0v) is 72.6. The van der Waals surface area contributed by atoms with Crippen molar-refractivity contribution in [3.05, 3.63) is 0 Å². The molecule has 0 aromatic rings. The fourth-order valence-corrected chi connectivity index (χ4v) is 15.2. The minimum Gasteiger partial charge on any atom is -0.462 e. The third-order valence-electron chi connectivity index (χ3n) is 20.9. The van der Waals surface area contributed by atoms with Crippen molar-refractivity contribution in [3.8, 4) is 0 Å². The van der Waals surface area contributed by atoms with Crippen molar-refractivity contribution >= 4 is 39.5 Å². The molecule has 0 spiro atoms. The van der Waals surface area contributed by atoms with E-state index in [1.165, 1.54) is 257 Å². The fraction of sp³-hybridized carbons (Fsp3) is 0.955. The number of hydrogen-bond donors (Lipinski definition) is 3. The average molecular weight is 1560 g/mol. The molecular formula is C88H172O17P2. The van der Waals surface area contributed by atoms with Crippen molar-refractivity contribution in [2.75, 3.05) is 39.6 Å². The van der Waals surface area contributed by atoms with Crippen LogP contribution in [0.5, 0.6) is 0 Å². The molecule has 3 N–H and O–H groups in total. The third kappa shape index (κ3) is 80.5. The summed E-state index contributed by atoms with van der Waals surface area (Å²) in [6.45, 7) is 14.4. The highest BCUT2D eigenvalue weighted by atomic mass is 31.2. The number of unbranched alkanes of at least 4 members (excludes halogenated alkanes) is 50. The van der Waals surface area contributed by atoms with Crippen molar-refractivity contribution in [3.63, 3.8) is 0 Å². The van der Waals surface area contributed by atoms with Gasteiger partial charge in [-0.1, -0.05) is 409 Å². The standard InChI is InChI=1S/C88H172O17P2/c1-9-81(8)67-59-51-43-35-29-23-19-20-24-30-36-44-52-60-68-85(90)98-74-83(104-87(92)70-62-54-45-37-31-25-17-13-11-10-12-15-21-27-33-40-48-56-64-78(2)3)76-102-106(94,95)100-72-82(89)73-101-107(96,97)103-77-84(75-99-86(91)69-61-53-47-39-42-50-58-66-80(6)7)105-88(93)71-63-55-46-38-32-26-18-14-16-22-28-34-41-49-57-65-79(4)5/h78-84,89H,9-77H2,1-8H3,(H,94,95)(H,96,97)/t81?,82?,83-,84-/m1/s1. The lowest BCUT2D eigenvalue weighted by Gasteiger charge is -2.21. The first-order chi connectivity index (χ1) is 51.6. The minimum atomic E-state index is -4.97. The highest BCUT2D eigenvalue weighted by molar-refractivity contribution is 7.47. The lowest BCUT2D eigenvalue weighted by atomic mass is 9.99. The number of phosphoric acid groups is 2. The maximum Gasteiger partial charge on any atom is 0.472 e. The molecule has 0 aromatic heterocycles. The smallest absolute Gasteiger partial charge is 0.462 e. The van der Waals surface area contributed by atoms with Crippen LogP contribution in [0.15, 0.2) is 0 Å². The maximum absolute atomic E-state index is 13.2. The molecule has 0 heterocycles. The van der Waals surface area contributed by atoms with Crippen LogP contribution < -0.4 is 0 Å². The molecule has 4 unspecified atom stereocenters. The minimum absolute atomic E-state index is 0.107. The SMILES string of the molecule is CCC(C)CCCCCCCCCCCCCCCCC(=O)OC[C@H](COP(=O)(O)OCC(O)COP(=O)(O)OC[C@@H](COC(=O)CCCCCCCCCC(C)C)OC(=O)CCCCCCCCCCCCCCCCCC(C)C)OC(=O)CCCCCCCCCCCCCCCCCCCCC(C)C. The molecule has 0 bridgehead atoms. The molecule has 0 radical (unpaired) electrons. The van der Waals surface area contributed by atoms with Gasteiger partial charge in [0.2, 0.25) is 0 Å². The number of carbonyl (C=O) groups excluding carboxylic acids is 4. The normalized spacial score (nSPS) is 14.1. The van der Waals surface area contributed by atoms with Crippen molar-refractivity contribution in [1.82, 2.24) is 0 Å². The zero-order chi connectivity index (χ0) is 78.8. The monoisotopic (exact) mass is 1560 g/mol. The first-order valence-corrected chi connectivity index (χ1v) is 48.2. The van der Waals surface area contributed by atoms with Gasteiger partial charge in [-0.05, 0) is 49.4 Å². The van der Waals surface area contributed by atoms with E-state index >= 15 is 0 Å². The van der Waals surface area contributed by atoms with Gasteiger partial charge in [0.05, 0.1) is 26.4 Å². The van der Waals surface area contributed by atoms with E-state index in [9.17, 15) is 43.2 Å². The van der Waals surface area contributed by atoms with Crippen LogP contribution in [0.2, 0.25) is 0 Å². The van der Waals surface area contributed by atoms with E-state index in [0.717, 1.165) is 114 Å². The van der Waals surface area contributed by atoms with Gasteiger partial charge in [0.25, 0.3) is 0 Å². The van der Waals surface area contributed by atoms with Crippen LogP contribution in [0, 0.1) is 23.7 Å². The van der Waals surface area contributed by atoms with E-state index in [1.54, 1.807) is 0 Å². The molecule has 0 rings (SSSR count). The average Bonchev–Trinajstić information content (AvgIpc) is 1.03. The molecule has 0 aromatic carbocycles. The van der Waals surface area contributed by atoms with Crippen LogP contribution in [-0.4, -0.2) is 96.7 Å². The molecule has 0 saturated carbocycles. The number of phosphoric ester groups is 2. The van der Waals surface area contributed by atoms with Crippen LogP contribution >= 0.6 is 15.6 Å². The van der Waals surface area contributed by atoms with E-state index in [4.69, 9.17) is 37.0 Å². The third-order valence-corrected chi connectivity index (χ3v) is 22.8. The van der Waals surface area contributed by atoms with Gasteiger partial charge >= 0.3 is 39.5 Å². The molecule has 6 atom stereocenters. The molecule has 0 fully saturated rings. The second kappa shape index (κ2) is 76.7. The fourth-order valence-electron chi connectivity index (χ4n) is 13.6. The van der Waals surface area contributed by atoms with Gasteiger partial charge in [-0.2, -0.15) is 0 Å². The Hall–Kier alpha value is -1.94. The van der Waals surface area contributed by atoms with Gasteiger partial charge in [-0.25, -0.2) is 9.13 Å². The van der Waals surface area contributed by atoms with E-state index < -0.39 is 97.5 Å². The Morgan fingerprint density at radius 1 is 0.262 bits per heavy atom. The van der Waals surface area contributed by atoms with Crippen molar-refractivity contribution < 1.29 is 80.2 Å². The number of esters is 4. The van der Waals surface area contributed by atoms with Crippen LogP contribution in [0.4, 0.5) is 0 Å². The van der Waals surface area contributed by atoms with Gasteiger partial charge in [0, 0.05) is 25.7 Å². The predicted molar refractivity (Wildman–Crippen MR) is 441 cm³/mol. The van der Waals surface area contributed by atoms with Gasteiger partial charge in [-0.3, -0.25) is 37.3 Å². The van der Waals surface area contributed by atoms with Crippen molar-refractivity contribution in [2.24, 2.45) is 23.7 Å². The Kier molecular flexibility index (Phi) is 75.3. The Morgan fingerprint density at radius 3 is 0.664 bits per heavy atom. The Balaban J connectivity index is 5.23. The summed E-state index contributed by atoms with van der Waals surface area (Å²) in [6, 6.07) is 0. The molecule has 0 aliphatic carbocycles. The summed E-state index contributed by atoms with van der Waals surface area (Å²) in [5.41, 5.74) is 0. The molecule has 17 nitrogen and oxygen atoms in total. The molecule has 0 aliphatic heterocycles. The van der Waals surface area contributed by atoms with E-state index in [-0.39, 0.29) is 25.7 Å². The zero-order valence-electron chi connectivity index (χ0n) is 70.8. The number of aliphatic hydroxyl groups is 1. The summed E-state index contributed by atoms with van der Waals surface area (Å²) in [5.74, 6) is 1.07. The number of hydrogen-bond acceptors (Lipinski definition) is 15. The van der Waals surface area contributed by atoms with Crippen LogP contribution in [0.25, 0.3) is 0 Å². The van der Waals surface area contributed by atoms with E-state index in [1.807, 2.05) is 0 Å². The lowest BCUT2D eigenvalue weighted by Crippen LogP contribution is -2.30. The van der Waals surface area contributed by atoms with Crippen LogP contribution in [0.1, 0.15) is 460 Å². The number of rotatable bonds is 85. The quantitative estimate of drug-likeness (QED) is 0.0222. The molecule has 19 heteroatoms. The second-order valence-corrected chi connectivity index (χ2v) is 36.2. The molecule has 0 aliphatic rings. The first-order valence-electron chi connectivity index (χ1n) is 45.2. The summed E-state index contributed by atoms with van der Waals surface area (Å²) < 4.78 is 68.9. The second-order valence-electron chi connectivity index (χ2n) is 33.3. The van der Waals surface area contributed by atoms with Gasteiger partial charge in [0.15, 0.2) is 12.2 Å².